The van der Waals surface area contributed by atoms with Crippen LogP contribution in [-0.4, -0.2) is 16.7 Å². The number of anilines is 1. The summed E-state index contributed by atoms with van der Waals surface area (Å²) in [6.07, 6.45) is 0. The van der Waals surface area contributed by atoms with Gasteiger partial charge in [-0.3, -0.25) is 0 Å². The van der Waals surface area contributed by atoms with Crippen LogP contribution in [0.1, 0.15) is 23.7 Å². The van der Waals surface area contributed by atoms with Crippen molar-refractivity contribution in [3.63, 3.8) is 0 Å². The first-order valence-corrected chi connectivity index (χ1v) is 4.47. The molecule has 4 nitrogen and oxygen atoms in total. The van der Waals surface area contributed by atoms with Gasteiger partial charge in [0.05, 0.1) is 5.69 Å². The molecule has 1 aromatic heterocycles. The molecular formula is C9H16N4. The molecule has 72 valence electrons. The summed E-state index contributed by atoms with van der Waals surface area (Å²) < 4.78 is 0. The number of aryl methyl sites for hydroxylation is 1. The lowest BCUT2D eigenvalue weighted by Crippen LogP contribution is -2.11. The quantitative estimate of drug-likeness (QED) is 0.728. The Hall–Kier alpha value is -1.16. The van der Waals surface area contributed by atoms with Crippen LogP contribution in [0.25, 0.3) is 0 Å². The van der Waals surface area contributed by atoms with Crippen LogP contribution >= 0.6 is 0 Å². The molecule has 0 aliphatic rings. The first-order chi connectivity index (χ1) is 6.20. The van der Waals surface area contributed by atoms with E-state index in [0.717, 1.165) is 29.2 Å². The second-order valence-corrected chi connectivity index (χ2v) is 2.97. The Bertz CT molecular complexity index is 296. The summed E-state index contributed by atoms with van der Waals surface area (Å²) in [4.78, 5) is 0. The molecule has 0 aliphatic heterocycles. The monoisotopic (exact) mass is 180 g/mol. The van der Waals surface area contributed by atoms with E-state index in [0.29, 0.717) is 6.54 Å². The lowest BCUT2D eigenvalue weighted by molar-refractivity contribution is 0.904. The Morgan fingerprint density at radius 1 is 1.31 bits per heavy atom. The highest BCUT2D eigenvalue weighted by Crippen LogP contribution is 2.16. The predicted molar refractivity (Wildman–Crippen MR) is 53.6 cm³/mol. The first kappa shape index (κ1) is 9.92. The van der Waals surface area contributed by atoms with Gasteiger partial charge in [-0.2, -0.15) is 5.10 Å². The number of nitrogens with zero attached hydrogens (tertiary/aromatic N) is 2. The van der Waals surface area contributed by atoms with Crippen LogP contribution in [0, 0.1) is 13.8 Å². The van der Waals surface area contributed by atoms with Crippen LogP contribution in [0.5, 0.6) is 0 Å². The molecule has 0 radical (unpaired) electrons. The van der Waals surface area contributed by atoms with Gasteiger partial charge in [-0.05, 0) is 26.3 Å². The van der Waals surface area contributed by atoms with E-state index < -0.39 is 0 Å². The maximum Gasteiger partial charge on any atom is 0.153 e. The second kappa shape index (κ2) is 4.18. The third-order valence-corrected chi connectivity index (χ3v) is 2.13. The zero-order valence-corrected chi connectivity index (χ0v) is 8.39. The molecule has 13 heavy (non-hydrogen) atoms. The van der Waals surface area contributed by atoms with Crippen molar-refractivity contribution in [1.29, 1.82) is 0 Å². The summed E-state index contributed by atoms with van der Waals surface area (Å²) in [5.74, 6) is 0.813. The molecule has 4 heteroatoms. The molecule has 0 amide bonds. The van der Waals surface area contributed by atoms with E-state index in [1.165, 1.54) is 0 Å². The highest BCUT2D eigenvalue weighted by atomic mass is 15.2. The third-order valence-electron chi connectivity index (χ3n) is 2.13. The van der Waals surface area contributed by atoms with E-state index >= 15 is 0 Å². The van der Waals surface area contributed by atoms with Gasteiger partial charge in [0, 0.05) is 18.7 Å². The van der Waals surface area contributed by atoms with E-state index in [1.807, 2.05) is 20.8 Å². The largest absolute Gasteiger partial charge is 0.369 e. The maximum absolute atomic E-state index is 5.64. The molecule has 1 heterocycles. The van der Waals surface area contributed by atoms with Gasteiger partial charge in [-0.15, -0.1) is 5.10 Å². The number of hydrogen-bond acceptors (Lipinski definition) is 4. The summed E-state index contributed by atoms with van der Waals surface area (Å²) in [6.45, 7) is 7.33. The fourth-order valence-electron chi connectivity index (χ4n) is 1.22. The third kappa shape index (κ3) is 1.95. The summed E-state index contributed by atoms with van der Waals surface area (Å²) >= 11 is 0. The molecule has 0 unspecified atom stereocenters. The molecule has 1 aromatic rings. The van der Waals surface area contributed by atoms with Crippen molar-refractivity contribution in [3.8, 4) is 0 Å². The lowest BCUT2D eigenvalue weighted by Gasteiger charge is -2.11. The number of rotatable bonds is 3. The Morgan fingerprint density at radius 3 is 2.54 bits per heavy atom. The van der Waals surface area contributed by atoms with E-state index in [9.17, 15) is 0 Å². The van der Waals surface area contributed by atoms with Crippen molar-refractivity contribution >= 4 is 5.82 Å². The summed E-state index contributed by atoms with van der Waals surface area (Å²) in [5, 5.41) is 11.2. The molecule has 0 bridgehead atoms. The van der Waals surface area contributed by atoms with E-state index in [4.69, 9.17) is 5.73 Å². The van der Waals surface area contributed by atoms with Crippen LogP contribution in [0.4, 0.5) is 5.82 Å². The molecule has 0 spiro atoms. The van der Waals surface area contributed by atoms with Crippen LogP contribution in [0.2, 0.25) is 0 Å². The standard InChI is InChI=1S/C9H16N4/c1-4-11-9-8(5-10)6(2)7(3)12-13-9/h4-5,10H2,1-3H3,(H,11,13). The molecule has 0 aliphatic carbocycles. The SMILES string of the molecule is CCNc1nnc(C)c(C)c1CN. The van der Waals surface area contributed by atoms with E-state index in [-0.39, 0.29) is 0 Å². The molecule has 0 saturated carbocycles. The topological polar surface area (TPSA) is 63.8 Å². The number of hydrogen-bond donors (Lipinski definition) is 2. The smallest absolute Gasteiger partial charge is 0.153 e. The van der Waals surface area contributed by atoms with E-state index in [2.05, 4.69) is 15.5 Å². The average Bonchev–Trinajstić information content (AvgIpc) is 2.12. The van der Waals surface area contributed by atoms with Gasteiger partial charge in [-0.25, -0.2) is 0 Å². The van der Waals surface area contributed by atoms with Crippen molar-refractivity contribution in [1.82, 2.24) is 10.2 Å². The Kier molecular flexibility index (Phi) is 3.19. The van der Waals surface area contributed by atoms with Crippen LogP contribution < -0.4 is 11.1 Å². The number of nitrogens with one attached hydrogen (secondary N) is 1. The van der Waals surface area contributed by atoms with Gasteiger partial charge in [0.2, 0.25) is 0 Å². The molecule has 3 N–H and O–H groups in total. The lowest BCUT2D eigenvalue weighted by atomic mass is 10.1. The summed E-state index contributed by atoms with van der Waals surface area (Å²) in [5.41, 5.74) is 8.79. The van der Waals surface area contributed by atoms with Gasteiger partial charge in [0.15, 0.2) is 5.82 Å². The summed E-state index contributed by atoms with van der Waals surface area (Å²) in [6, 6.07) is 0. The molecule has 0 atom stereocenters. The van der Waals surface area contributed by atoms with Crippen LogP contribution in [0.3, 0.4) is 0 Å². The Labute approximate surface area is 78.6 Å². The predicted octanol–water partition coefficient (Wildman–Crippen LogP) is 0.984. The minimum absolute atomic E-state index is 0.504. The zero-order valence-electron chi connectivity index (χ0n) is 8.39. The van der Waals surface area contributed by atoms with Crippen molar-refractivity contribution in [2.75, 3.05) is 11.9 Å². The van der Waals surface area contributed by atoms with Gasteiger partial charge >= 0.3 is 0 Å². The van der Waals surface area contributed by atoms with Crippen molar-refractivity contribution in [3.05, 3.63) is 16.8 Å². The van der Waals surface area contributed by atoms with Crippen molar-refractivity contribution in [2.45, 2.75) is 27.3 Å². The van der Waals surface area contributed by atoms with Gasteiger partial charge in [0.25, 0.3) is 0 Å². The Balaban J connectivity index is 3.13. The zero-order chi connectivity index (χ0) is 9.84. The molecule has 1 rings (SSSR count). The Morgan fingerprint density at radius 2 is 2.00 bits per heavy atom. The van der Waals surface area contributed by atoms with E-state index in [1.54, 1.807) is 0 Å². The molecule has 0 saturated heterocycles. The number of nitrogens with two attached hydrogens (primary N) is 1. The van der Waals surface area contributed by atoms with Gasteiger partial charge in [-0.1, -0.05) is 0 Å². The highest BCUT2D eigenvalue weighted by molar-refractivity contribution is 5.48. The average molecular weight is 180 g/mol. The minimum Gasteiger partial charge on any atom is -0.369 e. The van der Waals surface area contributed by atoms with Gasteiger partial charge in [0.1, 0.15) is 0 Å². The normalized spacial score (nSPS) is 10.2. The highest BCUT2D eigenvalue weighted by Gasteiger charge is 2.07. The molecule has 0 aromatic carbocycles. The fourth-order valence-corrected chi connectivity index (χ4v) is 1.22. The van der Waals surface area contributed by atoms with Crippen LogP contribution in [-0.2, 0) is 6.54 Å². The van der Waals surface area contributed by atoms with Crippen molar-refractivity contribution < 1.29 is 0 Å². The molecular weight excluding hydrogens is 164 g/mol. The first-order valence-electron chi connectivity index (χ1n) is 4.47. The molecule has 0 fully saturated rings. The van der Waals surface area contributed by atoms with Gasteiger partial charge < -0.3 is 11.1 Å². The second-order valence-electron chi connectivity index (χ2n) is 2.97. The van der Waals surface area contributed by atoms with Crippen molar-refractivity contribution in [2.24, 2.45) is 5.73 Å². The minimum atomic E-state index is 0.504. The fraction of sp³-hybridized carbons (Fsp3) is 0.556. The number of aromatic nitrogens is 2. The van der Waals surface area contributed by atoms with Crippen LogP contribution in [0.15, 0.2) is 0 Å². The summed E-state index contributed by atoms with van der Waals surface area (Å²) in [7, 11) is 0. The maximum atomic E-state index is 5.64.